The highest BCUT2D eigenvalue weighted by Crippen LogP contribution is 2.73. The van der Waals surface area contributed by atoms with E-state index in [1.54, 1.807) is 26.0 Å². The number of alkyl halides is 32. The molecule has 640 valence electrons. The van der Waals surface area contributed by atoms with Crippen molar-refractivity contribution in [2.24, 2.45) is 105 Å². The maximum Gasteiger partial charge on any atom is 0.508 e. The SMILES string of the molecule is CC(C)CCC[C@@H](C)[C@H]1CC[C@H]2[C@@H]3CC=C4CC(CC(F)(F)C(F)(F)C(F)(F)C(F)(F)C(F)(F)C(F)(F)C(F)(F)C(F)(F)COC(=O)OCC(F)(F)C(F)(F)C(F)(F)C(F)(F)C(F)(F)C(F)(F)C(F)(F)C(F)(F)CC5CC[C@]6(C)C(=CC[C@@H]7[C@H]8CC[C@@H]([C@@H](C)CCCC(C)C)[C@]8(C)CC[C@H]76)C5)CC[C@]4(C)[C@H]3CC[C@]12C. The molecule has 0 radical (unpaired) electrons. The van der Waals surface area contributed by atoms with Crippen LogP contribution in [0.25, 0.3) is 0 Å². The fraction of sp³-hybridized carbons (Fsp3) is 0.933. The number of fused-ring (bicyclic) bond motifs is 10. The largest absolute Gasteiger partial charge is 0.508 e. The van der Waals surface area contributed by atoms with Crippen LogP contribution in [0.1, 0.15) is 223 Å². The Bertz CT molecular complexity index is 3100. The van der Waals surface area contributed by atoms with Gasteiger partial charge in [-0.3, -0.25) is 0 Å². The van der Waals surface area contributed by atoms with E-state index in [4.69, 9.17) is 0 Å². The van der Waals surface area contributed by atoms with Crippen molar-refractivity contribution in [2.75, 3.05) is 13.2 Å². The Morgan fingerprint density at radius 3 is 0.909 bits per heavy atom. The molecule has 0 aromatic rings. The van der Waals surface area contributed by atoms with Crippen molar-refractivity contribution in [1.29, 1.82) is 0 Å². The number of hydrogen-bond donors (Lipinski definition) is 0. The number of carbonyl (C=O) groups excluding carboxylic acids is 1. The third kappa shape index (κ3) is 14.2. The van der Waals surface area contributed by atoms with Gasteiger partial charge in [-0.2, -0.15) is 140 Å². The molecule has 0 bridgehead atoms. The summed E-state index contributed by atoms with van der Waals surface area (Å²) < 4.78 is 488. The summed E-state index contributed by atoms with van der Waals surface area (Å²) in [5.74, 6) is -134. The summed E-state index contributed by atoms with van der Waals surface area (Å²) in [5.41, 5.74) is -1.07. The maximum absolute atomic E-state index is 15.6. The van der Waals surface area contributed by atoms with Crippen LogP contribution in [-0.2, 0) is 9.47 Å². The molecule has 3 nitrogen and oxygen atoms in total. The van der Waals surface area contributed by atoms with Crippen molar-refractivity contribution < 1.29 is 155 Å². The summed E-state index contributed by atoms with van der Waals surface area (Å²) in [7, 11) is 0. The molecule has 8 aliphatic carbocycles. The van der Waals surface area contributed by atoms with Crippen molar-refractivity contribution in [1.82, 2.24) is 0 Å². The molecule has 0 N–H and O–H groups in total. The molecular formula is C75H98F32O3. The predicted octanol–water partition coefficient (Wildman–Crippen LogP) is 27.4. The maximum atomic E-state index is 15.6. The first kappa shape index (κ1) is 92.0. The highest BCUT2D eigenvalue weighted by molar-refractivity contribution is 5.60. The van der Waals surface area contributed by atoms with E-state index >= 15 is 87.8 Å². The molecule has 0 spiro atoms. The summed E-state index contributed by atoms with van der Waals surface area (Å²) in [5, 5.41) is 0. The summed E-state index contributed by atoms with van der Waals surface area (Å²) in [6, 6.07) is 0. The number of ether oxygens (including phenoxy) is 2. The number of rotatable bonds is 32. The van der Waals surface area contributed by atoms with Crippen LogP contribution in [-0.4, -0.2) is 114 Å². The zero-order chi connectivity index (χ0) is 84.0. The minimum Gasteiger partial charge on any atom is -0.428 e. The van der Waals surface area contributed by atoms with Gasteiger partial charge in [-0.1, -0.05) is 131 Å². The van der Waals surface area contributed by atoms with Crippen LogP contribution in [0.15, 0.2) is 23.3 Å². The van der Waals surface area contributed by atoms with Crippen LogP contribution >= 0.6 is 0 Å². The first-order chi connectivity index (χ1) is 49.5. The molecule has 0 aromatic carbocycles. The van der Waals surface area contributed by atoms with Crippen molar-refractivity contribution in [3.05, 3.63) is 23.3 Å². The van der Waals surface area contributed by atoms with Gasteiger partial charge in [0, 0.05) is 12.8 Å². The van der Waals surface area contributed by atoms with E-state index in [0.717, 1.165) is 77.0 Å². The van der Waals surface area contributed by atoms with Gasteiger partial charge >= 0.3 is 101 Å². The van der Waals surface area contributed by atoms with Gasteiger partial charge < -0.3 is 9.47 Å². The van der Waals surface area contributed by atoms with Crippen LogP contribution in [0.3, 0.4) is 0 Å². The average Bonchev–Trinajstić information content (AvgIpc) is 0.927. The van der Waals surface area contributed by atoms with E-state index < -0.39 is 175 Å². The quantitative estimate of drug-likeness (QED) is 0.0383. The topological polar surface area (TPSA) is 35.5 Å². The predicted molar refractivity (Wildman–Crippen MR) is 339 cm³/mol. The zero-order valence-corrected chi connectivity index (χ0v) is 62.4. The average molecular weight is 1660 g/mol. The van der Waals surface area contributed by atoms with Crippen molar-refractivity contribution >= 4 is 6.16 Å². The summed E-state index contributed by atoms with van der Waals surface area (Å²) in [6.07, 6.45) is 4.78. The van der Waals surface area contributed by atoms with E-state index in [2.05, 4.69) is 64.9 Å². The molecule has 8 aliphatic rings. The Balaban J connectivity index is 0.873. The number of carbonyl (C=O) groups is 1. The van der Waals surface area contributed by atoms with Crippen molar-refractivity contribution in [3.63, 3.8) is 0 Å². The smallest absolute Gasteiger partial charge is 0.428 e. The zero-order valence-electron chi connectivity index (χ0n) is 62.4. The Hall–Kier alpha value is -3.49. The molecule has 0 aliphatic heterocycles. The van der Waals surface area contributed by atoms with Crippen molar-refractivity contribution in [2.45, 2.75) is 318 Å². The second-order valence-electron chi connectivity index (χ2n) is 35.7. The van der Waals surface area contributed by atoms with E-state index in [1.807, 2.05) is 0 Å². The van der Waals surface area contributed by atoms with Crippen LogP contribution < -0.4 is 0 Å². The Kier molecular flexibility index (Phi) is 24.7. The molecular weight excluding hydrogens is 1560 g/mol. The van der Waals surface area contributed by atoms with Crippen LogP contribution in [0.2, 0.25) is 0 Å². The van der Waals surface area contributed by atoms with Gasteiger partial charge in [0.2, 0.25) is 0 Å². The molecule has 110 heavy (non-hydrogen) atoms. The number of halogens is 32. The van der Waals surface area contributed by atoms with E-state index in [0.29, 0.717) is 72.3 Å². The summed E-state index contributed by atoms with van der Waals surface area (Å²) >= 11 is 0. The molecule has 6 fully saturated rings. The summed E-state index contributed by atoms with van der Waals surface area (Å²) in [6.45, 7) is 12.1. The van der Waals surface area contributed by atoms with Crippen molar-refractivity contribution in [3.8, 4) is 0 Å². The lowest BCUT2D eigenvalue weighted by molar-refractivity contribution is -0.455. The molecule has 16 atom stereocenters. The molecule has 0 heterocycles. The van der Waals surface area contributed by atoms with E-state index in [9.17, 15) is 57.5 Å². The van der Waals surface area contributed by atoms with Crippen LogP contribution in [0.4, 0.5) is 145 Å². The standard InChI is InChI=1S/C75H98F32O3/c1-39(2)13-11-15-41(5)49-21-23-51-47-19-17-45-33-43(25-29-56(45,7)53(47)27-31-58(49,51)9)35-60(76,77)64(84,85)68(92,93)72(100,101)74(104,105)70(96,97)66(88,89)62(80,81)37-109-55(108)110-38-63(82,83)67(90,91)71(98,99)75(106,107)73(102,103)69(94,95)65(86,87)61(78,79)36-44-26-30-57(8)46(34-44)18-20-48-52-24-22-50(42(6)16-12-14-40(3)4)59(52,10)32-28-54(48)57/h17-18,39-44,47-54H,11-16,19-38H2,1-10H3/t41-,42+,43?,44?,47+,48-,49-,50+,51+,52-,53+,54-,56+,57-,58-,59+. The monoisotopic (exact) mass is 1650 g/mol. The van der Waals surface area contributed by atoms with Gasteiger partial charge in [0.25, 0.3) is 0 Å². The lowest BCUT2D eigenvalue weighted by Gasteiger charge is -2.58. The molecule has 0 aromatic heterocycles. The minimum absolute atomic E-state index is 0.0483. The molecule has 8 rings (SSSR count). The normalized spacial score (nSPS) is 32.3. The molecule has 35 heteroatoms. The van der Waals surface area contributed by atoms with Crippen LogP contribution in [0.5, 0.6) is 0 Å². The molecule has 0 amide bonds. The third-order valence-corrected chi connectivity index (χ3v) is 28.4. The second-order valence-corrected chi connectivity index (χ2v) is 35.7. The lowest BCUT2D eigenvalue weighted by Crippen LogP contribution is -2.75. The fourth-order valence-corrected chi connectivity index (χ4v) is 21.9. The minimum atomic E-state index is -9.11. The van der Waals surface area contributed by atoms with Gasteiger partial charge in [-0.25, -0.2) is 4.79 Å². The first-order valence-electron chi connectivity index (χ1n) is 37.7. The molecule has 2 unspecified atom stereocenters. The van der Waals surface area contributed by atoms with E-state index in [-0.39, 0.29) is 59.2 Å². The Labute approximate surface area is 618 Å². The fourth-order valence-electron chi connectivity index (χ4n) is 21.9. The first-order valence-corrected chi connectivity index (χ1v) is 37.7. The lowest BCUT2D eigenvalue weighted by atomic mass is 9.46. The Morgan fingerprint density at radius 2 is 0.627 bits per heavy atom. The molecule has 0 saturated heterocycles. The highest BCUT2D eigenvalue weighted by atomic mass is 19.4. The Morgan fingerprint density at radius 1 is 0.355 bits per heavy atom. The highest BCUT2D eigenvalue weighted by Gasteiger charge is 2.97. The van der Waals surface area contributed by atoms with E-state index in [1.165, 1.54) is 0 Å². The van der Waals surface area contributed by atoms with Gasteiger partial charge in [-0.15, -0.1) is 0 Å². The third-order valence-electron chi connectivity index (χ3n) is 28.4. The van der Waals surface area contributed by atoms with Gasteiger partial charge in [0.05, 0.1) is 0 Å². The van der Waals surface area contributed by atoms with Crippen LogP contribution in [0, 0.1) is 105 Å². The van der Waals surface area contributed by atoms with Gasteiger partial charge in [0.15, 0.2) is 13.2 Å². The summed E-state index contributed by atoms with van der Waals surface area (Å²) in [4.78, 5) is 11.8. The number of allylic oxidation sites excluding steroid dienone is 4. The molecule has 6 saturated carbocycles. The second kappa shape index (κ2) is 29.5. The van der Waals surface area contributed by atoms with Gasteiger partial charge in [0.1, 0.15) is 0 Å². The number of hydrogen-bond acceptors (Lipinski definition) is 3. The van der Waals surface area contributed by atoms with Gasteiger partial charge in [-0.05, 0) is 207 Å².